The minimum absolute atomic E-state index is 0.00354. The third-order valence-electron chi connectivity index (χ3n) is 2.86. The van der Waals surface area contributed by atoms with Gasteiger partial charge in [-0.25, -0.2) is 4.79 Å². The van der Waals surface area contributed by atoms with Crippen LogP contribution in [0.4, 0.5) is 4.79 Å². The average Bonchev–Trinajstić information content (AvgIpc) is 2.21. The van der Waals surface area contributed by atoms with E-state index in [9.17, 15) is 9.59 Å². The van der Waals surface area contributed by atoms with Crippen LogP contribution >= 0.6 is 0 Å². The van der Waals surface area contributed by atoms with E-state index >= 15 is 0 Å². The molecule has 5 heteroatoms. The third-order valence-corrected chi connectivity index (χ3v) is 2.86. The van der Waals surface area contributed by atoms with Gasteiger partial charge in [0.25, 0.3) is 0 Å². The molecule has 0 bridgehead atoms. The fourth-order valence-corrected chi connectivity index (χ4v) is 1.57. The number of rotatable bonds is 5. The summed E-state index contributed by atoms with van der Waals surface area (Å²) >= 11 is 0. The Morgan fingerprint density at radius 2 is 1.70 bits per heavy atom. The molecular weight excluding hydrogens is 258 g/mol. The largest absolute Gasteiger partial charge is 0.481 e. The van der Waals surface area contributed by atoms with Crippen LogP contribution in [0.15, 0.2) is 11.6 Å². The van der Waals surface area contributed by atoms with Crippen LogP contribution < -0.4 is 5.32 Å². The summed E-state index contributed by atoms with van der Waals surface area (Å²) in [6.07, 6.45) is 1.18. The lowest BCUT2D eigenvalue weighted by molar-refractivity contribution is -0.141. The van der Waals surface area contributed by atoms with Crippen LogP contribution in [0.5, 0.6) is 0 Å². The van der Waals surface area contributed by atoms with E-state index in [0.29, 0.717) is 0 Å². The molecular formula is C15H27NO4. The van der Waals surface area contributed by atoms with Crippen molar-refractivity contribution in [3.8, 4) is 0 Å². The first-order valence-corrected chi connectivity index (χ1v) is 6.84. The van der Waals surface area contributed by atoms with Crippen molar-refractivity contribution in [2.24, 2.45) is 11.8 Å². The monoisotopic (exact) mass is 285 g/mol. The maximum Gasteiger partial charge on any atom is 0.408 e. The molecule has 0 aliphatic rings. The highest BCUT2D eigenvalue weighted by Crippen LogP contribution is 2.17. The van der Waals surface area contributed by atoms with Gasteiger partial charge in [-0.2, -0.15) is 0 Å². The topological polar surface area (TPSA) is 75.6 Å². The molecule has 0 heterocycles. The molecule has 2 N–H and O–H groups in total. The minimum Gasteiger partial charge on any atom is -0.481 e. The number of carboxylic acids is 1. The molecule has 0 aromatic carbocycles. The van der Waals surface area contributed by atoms with Crippen LogP contribution in [0.3, 0.4) is 0 Å². The lowest BCUT2D eigenvalue weighted by Gasteiger charge is -2.23. The van der Waals surface area contributed by atoms with Crippen LogP contribution in [0.1, 0.15) is 48.5 Å². The van der Waals surface area contributed by atoms with Gasteiger partial charge >= 0.3 is 12.1 Å². The Morgan fingerprint density at radius 1 is 1.20 bits per heavy atom. The van der Waals surface area contributed by atoms with Crippen molar-refractivity contribution in [3.63, 3.8) is 0 Å². The molecule has 0 aromatic rings. The zero-order chi connectivity index (χ0) is 16.1. The summed E-state index contributed by atoms with van der Waals surface area (Å²) < 4.78 is 5.16. The van der Waals surface area contributed by atoms with Crippen LogP contribution in [0.2, 0.25) is 0 Å². The Morgan fingerprint density at radius 3 is 2.05 bits per heavy atom. The molecule has 0 aromatic heterocycles. The second kappa shape index (κ2) is 7.31. The highest BCUT2D eigenvalue weighted by molar-refractivity contribution is 5.73. The summed E-state index contributed by atoms with van der Waals surface area (Å²) in [5.41, 5.74) is 0.250. The van der Waals surface area contributed by atoms with Crippen molar-refractivity contribution in [1.29, 1.82) is 0 Å². The van der Waals surface area contributed by atoms with E-state index in [1.165, 1.54) is 0 Å². The molecule has 20 heavy (non-hydrogen) atoms. The fourth-order valence-electron chi connectivity index (χ4n) is 1.57. The van der Waals surface area contributed by atoms with Crippen LogP contribution in [0.25, 0.3) is 0 Å². The molecule has 0 rings (SSSR count). The molecule has 5 nitrogen and oxygen atoms in total. The Balaban J connectivity index is 4.72. The van der Waals surface area contributed by atoms with Crippen LogP contribution in [-0.4, -0.2) is 28.8 Å². The molecule has 0 saturated heterocycles. The molecule has 2 unspecified atom stereocenters. The molecule has 0 saturated carbocycles. The number of nitrogens with one attached hydrogen (secondary N) is 1. The smallest absolute Gasteiger partial charge is 0.408 e. The Kier molecular flexibility index (Phi) is 6.76. The second-order valence-corrected chi connectivity index (χ2v) is 6.39. The SMILES string of the molecule is CC(=CC(C(=O)O)C(C)C)C(C)NC(=O)OC(C)(C)C. The van der Waals surface area contributed by atoms with Crippen molar-refractivity contribution in [1.82, 2.24) is 5.32 Å². The van der Waals surface area contributed by atoms with Gasteiger partial charge in [0.2, 0.25) is 0 Å². The molecule has 0 aliphatic carbocycles. The van der Waals surface area contributed by atoms with Crippen molar-refractivity contribution >= 4 is 12.1 Å². The fraction of sp³-hybridized carbons (Fsp3) is 0.733. The first-order valence-electron chi connectivity index (χ1n) is 6.84. The number of carboxylic acid groups (broad SMARTS) is 1. The van der Waals surface area contributed by atoms with Gasteiger partial charge in [-0.1, -0.05) is 25.5 Å². The highest BCUT2D eigenvalue weighted by Gasteiger charge is 2.22. The summed E-state index contributed by atoms with van der Waals surface area (Å²) in [4.78, 5) is 22.8. The molecule has 0 fully saturated rings. The normalized spacial score (nSPS) is 15.7. The number of aliphatic carboxylic acids is 1. The molecule has 1 amide bonds. The number of carbonyl (C=O) groups excluding carboxylic acids is 1. The molecule has 116 valence electrons. The van der Waals surface area contributed by atoms with Gasteiger partial charge in [-0.3, -0.25) is 4.79 Å². The van der Waals surface area contributed by atoms with Crippen molar-refractivity contribution in [3.05, 3.63) is 11.6 Å². The number of hydrogen-bond acceptors (Lipinski definition) is 3. The number of carbonyl (C=O) groups is 2. The quantitative estimate of drug-likeness (QED) is 0.761. The lowest BCUT2D eigenvalue weighted by Crippen LogP contribution is -2.38. The number of hydrogen-bond donors (Lipinski definition) is 2. The zero-order valence-corrected chi connectivity index (χ0v) is 13.5. The second-order valence-electron chi connectivity index (χ2n) is 6.39. The summed E-state index contributed by atoms with van der Waals surface area (Å²) in [6.45, 7) is 12.7. The zero-order valence-electron chi connectivity index (χ0n) is 13.5. The van der Waals surface area contributed by atoms with Crippen LogP contribution in [-0.2, 0) is 9.53 Å². The van der Waals surface area contributed by atoms with Crippen LogP contribution in [0, 0.1) is 11.8 Å². The molecule has 0 aliphatic heterocycles. The Labute approximate surface area is 121 Å². The maximum absolute atomic E-state index is 11.7. The van der Waals surface area contributed by atoms with E-state index in [1.807, 2.05) is 13.8 Å². The number of amides is 1. The van der Waals surface area contributed by atoms with E-state index in [-0.39, 0.29) is 12.0 Å². The summed E-state index contributed by atoms with van der Waals surface area (Å²) in [6, 6.07) is -0.273. The summed E-state index contributed by atoms with van der Waals surface area (Å²) in [5, 5.41) is 11.8. The molecule has 0 radical (unpaired) electrons. The van der Waals surface area contributed by atoms with Crippen molar-refractivity contribution < 1.29 is 19.4 Å². The van der Waals surface area contributed by atoms with E-state index in [1.54, 1.807) is 40.7 Å². The molecule has 2 atom stereocenters. The van der Waals surface area contributed by atoms with Gasteiger partial charge < -0.3 is 15.2 Å². The van der Waals surface area contributed by atoms with Gasteiger partial charge in [-0.15, -0.1) is 0 Å². The van der Waals surface area contributed by atoms with E-state index in [0.717, 1.165) is 5.57 Å². The predicted octanol–water partition coefficient (Wildman–Crippen LogP) is 3.20. The van der Waals surface area contributed by atoms with Gasteiger partial charge in [0.05, 0.1) is 12.0 Å². The Bertz CT molecular complexity index is 380. The van der Waals surface area contributed by atoms with Crippen molar-refractivity contribution in [2.45, 2.75) is 60.1 Å². The Hall–Kier alpha value is -1.52. The van der Waals surface area contributed by atoms with E-state index in [4.69, 9.17) is 9.84 Å². The van der Waals surface area contributed by atoms with Gasteiger partial charge in [0.15, 0.2) is 0 Å². The first kappa shape index (κ1) is 18.5. The summed E-state index contributed by atoms with van der Waals surface area (Å²) in [5.74, 6) is -1.42. The van der Waals surface area contributed by atoms with Gasteiger partial charge in [0.1, 0.15) is 5.60 Å². The number of alkyl carbamates (subject to hydrolysis) is 1. The average molecular weight is 285 g/mol. The minimum atomic E-state index is -0.858. The van der Waals surface area contributed by atoms with Crippen molar-refractivity contribution in [2.75, 3.05) is 0 Å². The third kappa shape index (κ3) is 7.16. The molecule has 0 spiro atoms. The maximum atomic E-state index is 11.7. The highest BCUT2D eigenvalue weighted by atomic mass is 16.6. The van der Waals surface area contributed by atoms with E-state index < -0.39 is 23.6 Å². The predicted molar refractivity (Wildman–Crippen MR) is 78.6 cm³/mol. The van der Waals surface area contributed by atoms with Gasteiger partial charge in [0, 0.05) is 0 Å². The first-order chi connectivity index (χ1) is 8.94. The lowest BCUT2D eigenvalue weighted by atomic mass is 9.92. The summed E-state index contributed by atoms with van der Waals surface area (Å²) in [7, 11) is 0. The number of ether oxygens (including phenoxy) is 1. The van der Waals surface area contributed by atoms with E-state index in [2.05, 4.69) is 5.32 Å². The van der Waals surface area contributed by atoms with Gasteiger partial charge in [-0.05, 0) is 40.5 Å². The standard InChI is InChI=1S/C15H27NO4/c1-9(2)12(13(17)18)8-10(3)11(4)16-14(19)20-15(5,6)7/h8-9,11-12H,1-7H3,(H,16,19)(H,17,18).